The number of hydrogen-bond acceptors (Lipinski definition) is 7. The number of anilines is 1. The second-order valence-electron chi connectivity index (χ2n) is 8.39. The molecule has 1 aromatic rings. The maximum absolute atomic E-state index is 12.9. The number of nitrogens with zero attached hydrogens (tertiary/aromatic N) is 5. The van der Waals surface area contributed by atoms with Gasteiger partial charge in [0.1, 0.15) is 5.60 Å². The van der Waals surface area contributed by atoms with Gasteiger partial charge in [-0.3, -0.25) is 4.79 Å². The first-order valence-corrected chi connectivity index (χ1v) is 10.1. The molecule has 2 amide bonds. The summed E-state index contributed by atoms with van der Waals surface area (Å²) in [5, 5.41) is 8.08. The number of piperazine rings is 1. The van der Waals surface area contributed by atoms with Gasteiger partial charge < -0.3 is 23.9 Å². The molecule has 0 aliphatic carbocycles. The summed E-state index contributed by atoms with van der Waals surface area (Å²) in [6.45, 7) is 11.3. The van der Waals surface area contributed by atoms with Gasteiger partial charge in [0.25, 0.3) is 0 Å². The minimum atomic E-state index is -0.500. The van der Waals surface area contributed by atoms with Crippen LogP contribution >= 0.6 is 0 Å². The molecular weight excluding hydrogens is 362 g/mol. The van der Waals surface area contributed by atoms with Crippen molar-refractivity contribution in [3.05, 3.63) is 5.89 Å². The van der Waals surface area contributed by atoms with Gasteiger partial charge in [0, 0.05) is 51.6 Å². The molecule has 2 aliphatic rings. The molecule has 2 fully saturated rings. The molecule has 0 radical (unpaired) electrons. The van der Waals surface area contributed by atoms with Crippen LogP contribution in [0.5, 0.6) is 0 Å². The molecule has 3 heterocycles. The van der Waals surface area contributed by atoms with E-state index in [-0.39, 0.29) is 17.9 Å². The van der Waals surface area contributed by atoms with Crippen molar-refractivity contribution in [1.82, 2.24) is 20.0 Å². The van der Waals surface area contributed by atoms with Gasteiger partial charge in [0.2, 0.25) is 11.8 Å². The van der Waals surface area contributed by atoms with Crippen molar-refractivity contribution in [2.45, 2.75) is 52.6 Å². The lowest BCUT2D eigenvalue weighted by atomic mass is 9.95. The highest BCUT2D eigenvalue weighted by molar-refractivity contribution is 5.79. The van der Waals surface area contributed by atoms with Crippen molar-refractivity contribution < 1.29 is 18.7 Å². The van der Waals surface area contributed by atoms with Gasteiger partial charge >= 0.3 is 12.1 Å². The molecule has 0 bridgehead atoms. The molecule has 2 aliphatic heterocycles. The Kier molecular flexibility index (Phi) is 6.10. The van der Waals surface area contributed by atoms with Gasteiger partial charge in [-0.15, -0.1) is 5.10 Å². The molecule has 9 nitrogen and oxygen atoms in total. The first kappa shape index (κ1) is 20.4. The van der Waals surface area contributed by atoms with Crippen LogP contribution in [0.25, 0.3) is 0 Å². The molecule has 28 heavy (non-hydrogen) atoms. The zero-order chi connectivity index (χ0) is 20.3. The number of ether oxygens (including phenoxy) is 1. The number of aromatic nitrogens is 2. The van der Waals surface area contributed by atoms with Crippen LogP contribution in [0.2, 0.25) is 0 Å². The summed E-state index contributed by atoms with van der Waals surface area (Å²) in [5.74, 6) is 0.786. The van der Waals surface area contributed by atoms with E-state index in [1.165, 1.54) is 0 Å². The van der Waals surface area contributed by atoms with E-state index in [9.17, 15) is 9.59 Å². The van der Waals surface area contributed by atoms with Crippen LogP contribution in [0, 0.1) is 5.92 Å². The topological polar surface area (TPSA) is 92.0 Å². The van der Waals surface area contributed by atoms with E-state index in [0.29, 0.717) is 70.4 Å². The standard InChI is InChI=1S/C19H31N5O4/c1-5-15-20-21-17(27-15)23-12-10-22(11-13-23)16(25)14-6-8-24(9-7-14)18(26)28-19(2,3)4/h14H,5-13H2,1-4H3. The van der Waals surface area contributed by atoms with E-state index in [2.05, 4.69) is 10.2 Å². The third-order valence-corrected chi connectivity index (χ3v) is 5.12. The number of carbonyl (C=O) groups excluding carboxylic acids is 2. The summed E-state index contributed by atoms with van der Waals surface area (Å²) in [6.07, 6.45) is 1.79. The number of carbonyl (C=O) groups is 2. The van der Waals surface area contributed by atoms with E-state index in [0.717, 1.165) is 0 Å². The fourth-order valence-corrected chi connectivity index (χ4v) is 3.53. The van der Waals surface area contributed by atoms with Crippen LogP contribution in [-0.2, 0) is 16.0 Å². The van der Waals surface area contributed by atoms with Crippen molar-refractivity contribution in [2.24, 2.45) is 5.92 Å². The minimum absolute atomic E-state index is 0.0275. The van der Waals surface area contributed by atoms with E-state index in [1.54, 1.807) is 4.90 Å². The Labute approximate surface area is 166 Å². The van der Waals surface area contributed by atoms with Crippen LogP contribution in [0.15, 0.2) is 4.42 Å². The van der Waals surface area contributed by atoms with Gasteiger partial charge in [-0.1, -0.05) is 12.0 Å². The molecule has 2 saturated heterocycles. The molecule has 9 heteroatoms. The summed E-state index contributed by atoms with van der Waals surface area (Å²) in [4.78, 5) is 30.7. The molecule has 156 valence electrons. The maximum Gasteiger partial charge on any atom is 0.410 e. The Morgan fingerprint density at radius 2 is 1.68 bits per heavy atom. The molecular formula is C19H31N5O4. The lowest BCUT2D eigenvalue weighted by Gasteiger charge is -2.38. The summed E-state index contributed by atoms with van der Waals surface area (Å²) in [7, 11) is 0. The summed E-state index contributed by atoms with van der Waals surface area (Å²) in [5.41, 5.74) is -0.500. The highest BCUT2D eigenvalue weighted by Crippen LogP contribution is 2.23. The molecule has 3 rings (SSSR count). The van der Waals surface area contributed by atoms with Crippen LogP contribution in [0.3, 0.4) is 0 Å². The van der Waals surface area contributed by atoms with Crippen molar-refractivity contribution in [3.63, 3.8) is 0 Å². The Morgan fingerprint density at radius 1 is 1.04 bits per heavy atom. The Balaban J connectivity index is 1.45. The molecule has 0 saturated carbocycles. The largest absolute Gasteiger partial charge is 0.444 e. The summed E-state index contributed by atoms with van der Waals surface area (Å²) >= 11 is 0. The Bertz CT molecular complexity index is 683. The monoisotopic (exact) mass is 393 g/mol. The zero-order valence-electron chi connectivity index (χ0n) is 17.3. The lowest BCUT2D eigenvalue weighted by Crippen LogP contribution is -2.52. The minimum Gasteiger partial charge on any atom is -0.444 e. The zero-order valence-corrected chi connectivity index (χ0v) is 17.3. The van der Waals surface area contributed by atoms with Crippen LogP contribution in [0.1, 0.15) is 46.4 Å². The van der Waals surface area contributed by atoms with E-state index < -0.39 is 5.60 Å². The Hall–Kier alpha value is -2.32. The van der Waals surface area contributed by atoms with Gasteiger partial charge in [-0.25, -0.2) is 4.79 Å². The number of hydrogen-bond donors (Lipinski definition) is 0. The third kappa shape index (κ3) is 4.94. The smallest absolute Gasteiger partial charge is 0.410 e. The number of aryl methyl sites for hydroxylation is 1. The molecule has 0 N–H and O–H groups in total. The van der Waals surface area contributed by atoms with Crippen molar-refractivity contribution in [2.75, 3.05) is 44.2 Å². The Morgan fingerprint density at radius 3 is 2.21 bits per heavy atom. The fourth-order valence-electron chi connectivity index (χ4n) is 3.53. The first-order valence-electron chi connectivity index (χ1n) is 10.1. The van der Waals surface area contributed by atoms with Crippen molar-refractivity contribution in [1.29, 1.82) is 0 Å². The van der Waals surface area contributed by atoms with Crippen LogP contribution in [0.4, 0.5) is 10.8 Å². The number of rotatable bonds is 3. The highest BCUT2D eigenvalue weighted by Gasteiger charge is 2.33. The summed E-state index contributed by atoms with van der Waals surface area (Å²) < 4.78 is 11.0. The second kappa shape index (κ2) is 8.36. The quantitative estimate of drug-likeness (QED) is 0.775. The predicted octanol–water partition coefficient (Wildman–Crippen LogP) is 1.93. The SMILES string of the molecule is CCc1nnc(N2CCN(C(=O)C3CCN(C(=O)OC(C)(C)C)CC3)CC2)o1. The van der Waals surface area contributed by atoms with E-state index in [1.807, 2.05) is 37.5 Å². The van der Waals surface area contributed by atoms with Crippen LogP contribution < -0.4 is 4.90 Å². The number of amides is 2. The third-order valence-electron chi connectivity index (χ3n) is 5.12. The second-order valence-corrected chi connectivity index (χ2v) is 8.39. The number of piperidine rings is 1. The van der Waals surface area contributed by atoms with Crippen molar-refractivity contribution >= 4 is 18.0 Å². The average molecular weight is 393 g/mol. The molecule has 0 atom stereocenters. The summed E-state index contributed by atoms with van der Waals surface area (Å²) in [6, 6.07) is 0.537. The number of likely N-dealkylation sites (tertiary alicyclic amines) is 1. The molecule has 0 aromatic carbocycles. The van der Waals surface area contributed by atoms with Crippen LogP contribution in [-0.4, -0.2) is 76.9 Å². The average Bonchev–Trinajstić information content (AvgIpc) is 3.16. The predicted molar refractivity (Wildman–Crippen MR) is 103 cm³/mol. The fraction of sp³-hybridized carbons (Fsp3) is 0.789. The molecule has 0 spiro atoms. The molecule has 0 unspecified atom stereocenters. The van der Waals surface area contributed by atoms with Gasteiger partial charge in [0.15, 0.2) is 0 Å². The molecule has 1 aromatic heterocycles. The van der Waals surface area contributed by atoms with Gasteiger partial charge in [-0.2, -0.15) is 0 Å². The highest BCUT2D eigenvalue weighted by atomic mass is 16.6. The van der Waals surface area contributed by atoms with Crippen molar-refractivity contribution in [3.8, 4) is 0 Å². The normalized spacial score (nSPS) is 19.1. The van der Waals surface area contributed by atoms with Gasteiger partial charge in [0.05, 0.1) is 0 Å². The first-order chi connectivity index (χ1) is 13.3. The van der Waals surface area contributed by atoms with E-state index in [4.69, 9.17) is 9.15 Å². The lowest BCUT2D eigenvalue weighted by molar-refractivity contribution is -0.137. The maximum atomic E-state index is 12.9. The van der Waals surface area contributed by atoms with Gasteiger partial charge in [-0.05, 0) is 33.6 Å². The van der Waals surface area contributed by atoms with E-state index >= 15 is 0 Å².